The standard InChI is InChI=1S/C8H12N2O/c11-8-5-9-10(6-8)7-3-1-2-4-7/h5,7H,1-4,6H2. The molecule has 3 nitrogen and oxygen atoms in total. The van der Waals surface area contributed by atoms with Crippen LogP contribution in [0.2, 0.25) is 0 Å². The third kappa shape index (κ3) is 1.27. The fraction of sp³-hybridized carbons (Fsp3) is 0.750. The van der Waals surface area contributed by atoms with E-state index in [1.54, 1.807) is 0 Å². The van der Waals surface area contributed by atoms with Crippen molar-refractivity contribution >= 4 is 12.0 Å². The molecule has 0 unspecified atom stereocenters. The monoisotopic (exact) mass is 152 g/mol. The Labute approximate surface area is 66.1 Å². The van der Waals surface area contributed by atoms with Crippen LogP contribution in [0.15, 0.2) is 5.10 Å². The van der Waals surface area contributed by atoms with Crippen LogP contribution in [0.1, 0.15) is 25.7 Å². The summed E-state index contributed by atoms with van der Waals surface area (Å²) in [5.41, 5.74) is 0. The lowest BCUT2D eigenvalue weighted by Crippen LogP contribution is -2.28. The average Bonchev–Trinajstić information content (AvgIpc) is 2.55. The molecule has 0 radical (unpaired) electrons. The minimum absolute atomic E-state index is 0.150. The number of hydrogen-bond acceptors (Lipinski definition) is 3. The highest BCUT2D eigenvalue weighted by Crippen LogP contribution is 2.24. The summed E-state index contributed by atoms with van der Waals surface area (Å²) in [4.78, 5) is 10.8. The zero-order valence-electron chi connectivity index (χ0n) is 6.49. The molecule has 1 heterocycles. The number of rotatable bonds is 1. The molecule has 0 atom stereocenters. The Bertz CT molecular complexity index is 194. The number of hydrogen-bond donors (Lipinski definition) is 0. The molecule has 0 aromatic rings. The molecule has 11 heavy (non-hydrogen) atoms. The number of Topliss-reactive ketones (excluding diaryl/α,β-unsaturated/α-hetero) is 1. The summed E-state index contributed by atoms with van der Waals surface area (Å²) < 4.78 is 0. The molecular formula is C8H12N2O. The Morgan fingerprint density at radius 2 is 2.18 bits per heavy atom. The minimum Gasteiger partial charge on any atom is -0.291 e. The molecule has 1 aliphatic heterocycles. The van der Waals surface area contributed by atoms with Crippen LogP contribution in [-0.4, -0.2) is 29.6 Å². The highest BCUT2D eigenvalue weighted by atomic mass is 16.1. The molecule has 0 N–H and O–H groups in total. The third-order valence-corrected chi connectivity index (χ3v) is 2.41. The van der Waals surface area contributed by atoms with Gasteiger partial charge in [0.15, 0.2) is 5.78 Å². The van der Waals surface area contributed by atoms with Crippen molar-refractivity contribution in [3.63, 3.8) is 0 Å². The van der Waals surface area contributed by atoms with Gasteiger partial charge in [0.05, 0.1) is 6.21 Å². The number of hydrazone groups is 1. The fourth-order valence-corrected chi connectivity index (χ4v) is 1.81. The van der Waals surface area contributed by atoms with E-state index in [1.807, 2.05) is 5.01 Å². The number of carbonyl (C=O) groups excluding carboxylic acids is 1. The van der Waals surface area contributed by atoms with Crippen LogP contribution in [0.25, 0.3) is 0 Å². The van der Waals surface area contributed by atoms with Crippen LogP contribution < -0.4 is 0 Å². The lowest BCUT2D eigenvalue weighted by Gasteiger charge is -2.20. The lowest BCUT2D eigenvalue weighted by molar-refractivity contribution is -0.112. The van der Waals surface area contributed by atoms with Gasteiger partial charge >= 0.3 is 0 Å². The van der Waals surface area contributed by atoms with Gasteiger partial charge in [-0.15, -0.1) is 0 Å². The zero-order valence-corrected chi connectivity index (χ0v) is 6.49. The predicted molar refractivity (Wildman–Crippen MR) is 42.5 cm³/mol. The normalized spacial score (nSPS) is 25.5. The maximum atomic E-state index is 10.8. The van der Waals surface area contributed by atoms with Gasteiger partial charge in [0.2, 0.25) is 0 Å². The number of nitrogens with zero attached hydrogens (tertiary/aromatic N) is 2. The van der Waals surface area contributed by atoms with Crippen LogP contribution in [0.4, 0.5) is 0 Å². The van der Waals surface area contributed by atoms with Gasteiger partial charge in [-0.05, 0) is 12.8 Å². The molecule has 60 valence electrons. The van der Waals surface area contributed by atoms with Crippen molar-refractivity contribution in [2.45, 2.75) is 31.7 Å². The highest BCUT2D eigenvalue weighted by Gasteiger charge is 2.25. The van der Waals surface area contributed by atoms with Gasteiger partial charge in [-0.3, -0.25) is 9.80 Å². The molecule has 0 saturated heterocycles. The van der Waals surface area contributed by atoms with Gasteiger partial charge in [-0.2, -0.15) is 5.10 Å². The molecular weight excluding hydrogens is 140 g/mol. The summed E-state index contributed by atoms with van der Waals surface area (Å²) in [5, 5.41) is 6.00. The van der Waals surface area contributed by atoms with Crippen LogP contribution in [0.3, 0.4) is 0 Å². The third-order valence-electron chi connectivity index (χ3n) is 2.41. The summed E-state index contributed by atoms with van der Waals surface area (Å²) in [5.74, 6) is 0.150. The Balaban J connectivity index is 1.96. The fourth-order valence-electron chi connectivity index (χ4n) is 1.81. The van der Waals surface area contributed by atoms with E-state index < -0.39 is 0 Å². The summed E-state index contributed by atoms with van der Waals surface area (Å²) in [7, 11) is 0. The second kappa shape index (κ2) is 2.64. The first-order chi connectivity index (χ1) is 5.36. The van der Waals surface area contributed by atoms with Crippen molar-refractivity contribution in [2.75, 3.05) is 6.54 Å². The largest absolute Gasteiger partial charge is 0.291 e. The maximum Gasteiger partial charge on any atom is 0.196 e. The highest BCUT2D eigenvalue weighted by molar-refractivity contribution is 6.29. The SMILES string of the molecule is O=C1C=NN(C2CCCC2)C1. The van der Waals surface area contributed by atoms with E-state index in [9.17, 15) is 4.79 Å². The van der Waals surface area contributed by atoms with Crippen molar-refractivity contribution in [1.29, 1.82) is 0 Å². The summed E-state index contributed by atoms with van der Waals surface area (Å²) in [6.07, 6.45) is 6.46. The molecule has 1 saturated carbocycles. The minimum atomic E-state index is 0.150. The topological polar surface area (TPSA) is 32.7 Å². The molecule has 0 bridgehead atoms. The van der Waals surface area contributed by atoms with E-state index >= 15 is 0 Å². The van der Waals surface area contributed by atoms with E-state index in [2.05, 4.69) is 5.10 Å². The van der Waals surface area contributed by atoms with E-state index in [1.165, 1.54) is 31.9 Å². The Hall–Kier alpha value is -0.860. The zero-order chi connectivity index (χ0) is 7.68. The van der Waals surface area contributed by atoms with E-state index in [0.717, 1.165) is 0 Å². The molecule has 0 aromatic carbocycles. The second-order valence-corrected chi connectivity index (χ2v) is 3.25. The van der Waals surface area contributed by atoms with E-state index in [-0.39, 0.29) is 5.78 Å². The molecule has 1 aliphatic carbocycles. The van der Waals surface area contributed by atoms with Gasteiger partial charge in [-0.1, -0.05) is 12.8 Å². The number of ketones is 1. The summed E-state index contributed by atoms with van der Waals surface area (Å²) >= 11 is 0. The van der Waals surface area contributed by atoms with Crippen molar-refractivity contribution in [2.24, 2.45) is 5.10 Å². The van der Waals surface area contributed by atoms with Crippen LogP contribution >= 0.6 is 0 Å². The summed E-state index contributed by atoms with van der Waals surface area (Å²) in [6.45, 7) is 0.519. The van der Waals surface area contributed by atoms with Gasteiger partial charge in [-0.25, -0.2) is 0 Å². The molecule has 2 rings (SSSR count). The van der Waals surface area contributed by atoms with Gasteiger partial charge in [0.25, 0.3) is 0 Å². The van der Waals surface area contributed by atoms with Gasteiger partial charge in [0.1, 0.15) is 6.54 Å². The Morgan fingerprint density at radius 1 is 1.45 bits per heavy atom. The van der Waals surface area contributed by atoms with Gasteiger partial charge < -0.3 is 0 Å². The van der Waals surface area contributed by atoms with Crippen LogP contribution in [-0.2, 0) is 4.79 Å². The van der Waals surface area contributed by atoms with Crippen molar-refractivity contribution < 1.29 is 4.79 Å². The molecule has 2 aliphatic rings. The first-order valence-corrected chi connectivity index (χ1v) is 4.20. The maximum absolute atomic E-state index is 10.8. The molecule has 3 heteroatoms. The smallest absolute Gasteiger partial charge is 0.196 e. The van der Waals surface area contributed by atoms with Crippen molar-refractivity contribution in [3.8, 4) is 0 Å². The quantitative estimate of drug-likeness (QED) is 0.556. The number of carbonyl (C=O) groups is 1. The van der Waals surface area contributed by atoms with E-state index in [0.29, 0.717) is 12.6 Å². The first kappa shape index (κ1) is 6.83. The van der Waals surface area contributed by atoms with E-state index in [4.69, 9.17) is 0 Å². The first-order valence-electron chi connectivity index (χ1n) is 4.20. The molecule has 0 spiro atoms. The Morgan fingerprint density at radius 3 is 2.73 bits per heavy atom. The van der Waals surface area contributed by atoms with Crippen molar-refractivity contribution in [1.82, 2.24) is 5.01 Å². The molecule has 0 amide bonds. The summed E-state index contributed by atoms with van der Waals surface area (Å²) in [6, 6.07) is 0.553. The van der Waals surface area contributed by atoms with Crippen LogP contribution in [0, 0.1) is 0 Å². The Kier molecular flexibility index (Phi) is 1.64. The molecule has 0 aromatic heterocycles. The van der Waals surface area contributed by atoms with Crippen LogP contribution in [0.5, 0.6) is 0 Å². The second-order valence-electron chi connectivity index (χ2n) is 3.25. The lowest BCUT2D eigenvalue weighted by atomic mass is 10.2. The average molecular weight is 152 g/mol. The van der Waals surface area contributed by atoms with Crippen molar-refractivity contribution in [3.05, 3.63) is 0 Å². The predicted octanol–water partition coefficient (Wildman–Crippen LogP) is 0.799. The molecule has 1 fully saturated rings. The van der Waals surface area contributed by atoms with Gasteiger partial charge in [0, 0.05) is 6.04 Å².